The molecule has 0 heterocycles. The van der Waals surface area contributed by atoms with E-state index in [9.17, 15) is 14.4 Å². The van der Waals surface area contributed by atoms with Crippen LogP contribution in [0.2, 0.25) is 10.0 Å². The highest BCUT2D eigenvalue weighted by molar-refractivity contribution is 6.30. The predicted octanol–water partition coefficient (Wildman–Crippen LogP) is 2.97. The highest BCUT2D eigenvalue weighted by Crippen LogP contribution is 2.10. The number of carbonyl (C=O) groups excluding carboxylic acids is 3. The Kier molecular flexibility index (Phi) is 7.64. The zero-order valence-electron chi connectivity index (χ0n) is 14.5. The molecule has 1 atom stereocenters. The van der Waals surface area contributed by atoms with E-state index in [4.69, 9.17) is 27.9 Å². The molecular weight excluding hydrogens is 391 g/mol. The van der Waals surface area contributed by atoms with E-state index in [1.807, 2.05) is 0 Å². The number of ether oxygens (including phenoxy) is 1. The van der Waals surface area contributed by atoms with Gasteiger partial charge in [-0.2, -0.15) is 0 Å². The van der Waals surface area contributed by atoms with Crippen LogP contribution >= 0.6 is 23.2 Å². The van der Waals surface area contributed by atoms with Crippen LogP contribution in [0.3, 0.4) is 0 Å². The summed E-state index contributed by atoms with van der Waals surface area (Å²) < 4.78 is 4.92. The Morgan fingerprint density at radius 3 is 2.11 bits per heavy atom. The molecule has 0 radical (unpaired) electrons. The Morgan fingerprint density at radius 2 is 1.52 bits per heavy atom. The van der Waals surface area contributed by atoms with Crippen LogP contribution in [-0.4, -0.2) is 30.4 Å². The first-order valence-electron chi connectivity index (χ1n) is 8.09. The van der Waals surface area contributed by atoms with Crippen molar-refractivity contribution in [2.24, 2.45) is 0 Å². The fourth-order valence-corrected chi connectivity index (χ4v) is 2.31. The van der Waals surface area contributed by atoms with E-state index in [0.29, 0.717) is 15.6 Å². The molecule has 27 heavy (non-hydrogen) atoms. The van der Waals surface area contributed by atoms with Gasteiger partial charge in [0.1, 0.15) is 6.04 Å². The fourth-order valence-electron chi connectivity index (χ4n) is 2.06. The standard InChI is InChI=1S/C19H18Cl2N2O4/c1-12(23-18(25)14-4-8-16(21)9-5-14)19(26)27-11-17(24)22-10-13-2-6-15(20)7-3-13/h2-9,12H,10-11H2,1H3,(H,22,24)(H,23,25)/t12-/m0/s1. The minimum Gasteiger partial charge on any atom is -0.454 e. The largest absolute Gasteiger partial charge is 0.454 e. The number of rotatable bonds is 7. The number of carbonyl (C=O) groups is 3. The van der Waals surface area contributed by atoms with Gasteiger partial charge in [-0.05, 0) is 48.9 Å². The van der Waals surface area contributed by atoms with Gasteiger partial charge in [-0.15, -0.1) is 0 Å². The van der Waals surface area contributed by atoms with Crippen molar-refractivity contribution < 1.29 is 19.1 Å². The highest BCUT2D eigenvalue weighted by Gasteiger charge is 2.19. The third-order valence-corrected chi connectivity index (χ3v) is 4.06. The average Bonchev–Trinajstić information content (AvgIpc) is 2.66. The summed E-state index contributed by atoms with van der Waals surface area (Å²) in [4.78, 5) is 35.7. The van der Waals surface area contributed by atoms with Crippen molar-refractivity contribution in [2.75, 3.05) is 6.61 Å². The molecule has 0 aliphatic rings. The van der Waals surface area contributed by atoms with Crippen molar-refractivity contribution in [2.45, 2.75) is 19.5 Å². The van der Waals surface area contributed by atoms with Crippen molar-refractivity contribution in [1.82, 2.24) is 10.6 Å². The Hall–Kier alpha value is -2.57. The van der Waals surface area contributed by atoms with Crippen LogP contribution in [0, 0.1) is 0 Å². The van der Waals surface area contributed by atoms with Crippen molar-refractivity contribution in [3.8, 4) is 0 Å². The molecule has 2 aromatic rings. The van der Waals surface area contributed by atoms with E-state index < -0.39 is 30.4 Å². The van der Waals surface area contributed by atoms with Gasteiger partial charge in [0.05, 0.1) is 0 Å². The van der Waals surface area contributed by atoms with Gasteiger partial charge in [-0.1, -0.05) is 35.3 Å². The summed E-state index contributed by atoms with van der Waals surface area (Å²) in [5, 5.41) is 6.24. The Labute approximate surface area is 166 Å². The summed E-state index contributed by atoms with van der Waals surface area (Å²) >= 11 is 11.6. The number of halogens is 2. The lowest BCUT2D eigenvalue weighted by atomic mass is 10.2. The second kappa shape index (κ2) is 9.94. The number of esters is 1. The first-order valence-corrected chi connectivity index (χ1v) is 8.85. The van der Waals surface area contributed by atoms with Crippen LogP contribution in [0.5, 0.6) is 0 Å². The molecule has 6 nitrogen and oxygen atoms in total. The third-order valence-electron chi connectivity index (χ3n) is 3.56. The van der Waals surface area contributed by atoms with Crippen LogP contribution in [0.1, 0.15) is 22.8 Å². The maximum absolute atomic E-state index is 12.0. The number of hydrogen-bond acceptors (Lipinski definition) is 4. The molecule has 2 N–H and O–H groups in total. The molecule has 0 saturated carbocycles. The van der Waals surface area contributed by atoms with Crippen LogP contribution in [0.25, 0.3) is 0 Å². The molecule has 2 rings (SSSR count). The number of nitrogens with one attached hydrogen (secondary N) is 2. The molecule has 0 aromatic heterocycles. The summed E-state index contributed by atoms with van der Waals surface area (Å²) in [7, 11) is 0. The minimum absolute atomic E-state index is 0.288. The second-order valence-electron chi connectivity index (χ2n) is 5.71. The van der Waals surface area contributed by atoms with Gasteiger partial charge in [-0.3, -0.25) is 9.59 Å². The summed E-state index contributed by atoms with van der Waals surface area (Å²) in [5.74, 6) is -1.60. The minimum atomic E-state index is -0.905. The summed E-state index contributed by atoms with van der Waals surface area (Å²) in [6.45, 7) is 1.33. The van der Waals surface area contributed by atoms with Gasteiger partial charge in [0, 0.05) is 22.2 Å². The number of hydrogen-bond donors (Lipinski definition) is 2. The van der Waals surface area contributed by atoms with E-state index in [0.717, 1.165) is 5.56 Å². The lowest BCUT2D eigenvalue weighted by Crippen LogP contribution is -2.40. The predicted molar refractivity (Wildman–Crippen MR) is 103 cm³/mol. The Bertz CT molecular complexity index is 807. The van der Waals surface area contributed by atoms with Gasteiger partial charge in [0.15, 0.2) is 6.61 Å². The van der Waals surface area contributed by atoms with Crippen molar-refractivity contribution in [3.63, 3.8) is 0 Å². The third kappa shape index (κ3) is 6.92. The average molecular weight is 409 g/mol. The van der Waals surface area contributed by atoms with Crippen molar-refractivity contribution in [3.05, 3.63) is 69.7 Å². The molecule has 0 spiro atoms. The zero-order valence-corrected chi connectivity index (χ0v) is 16.0. The van der Waals surface area contributed by atoms with E-state index >= 15 is 0 Å². The fraction of sp³-hybridized carbons (Fsp3) is 0.211. The zero-order chi connectivity index (χ0) is 19.8. The maximum atomic E-state index is 12.0. The maximum Gasteiger partial charge on any atom is 0.328 e. The summed E-state index contributed by atoms with van der Waals surface area (Å²) in [6.07, 6.45) is 0. The van der Waals surface area contributed by atoms with E-state index in [1.165, 1.54) is 6.92 Å². The molecule has 8 heteroatoms. The lowest BCUT2D eigenvalue weighted by Gasteiger charge is -2.13. The van der Waals surface area contributed by atoms with Gasteiger partial charge in [-0.25, -0.2) is 4.79 Å². The molecule has 0 bridgehead atoms. The molecule has 0 aliphatic carbocycles. The van der Waals surface area contributed by atoms with Crippen LogP contribution in [0.15, 0.2) is 48.5 Å². The molecule has 0 unspecified atom stereocenters. The Morgan fingerprint density at radius 1 is 0.963 bits per heavy atom. The molecule has 142 valence electrons. The quantitative estimate of drug-likeness (QED) is 0.689. The van der Waals surface area contributed by atoms with E-state index in [2.05, 4.69) is 10.6 Å². The van der Waals surface area contributed by atoms with E-state index in [-0.39, 0.29) is 6.54 Å². The Balaban J connectivity index is 1.73. The molecular formula is C19H18Cl2N2O4. The smallest absolute Gasteiger partial charge is 0.328 e. The molecule has 0 fully saturated rings. The molecule has 0 aliphatic heterocycles. The lowest BCUT2D eigenvalue weighted by molar-refractivity contribution is -0.150. The topological polar surface area (TPSA) is 84.5 Å². The summed E-state index contributed by atoms with van der Waals surface area (Å²) in [5.41, 5.74) is 1.22. The van der Waals surface area contributed by atoms with Crippen molar-refractivity contribution in [1.29, 1.82) is 0 Å². The first-order chi connectivity index (χ1) is 12.8. The van der Waals surface area contributed by atoms with Crippen LogP contribution < -0.4 is 10.6 Å². The first kappa shape index (κ1) is 20.7. The molecule has 0 saturated heterocycles. The van der Waals surface area contributed by atoms with Crippen LogP contribution in [0.4, 0.5) is 0 Å². The van der Waals surface area contributed by atoms with Crippen LogP contribution in [-0.2, 0) is 20.9 Å². The monoisotopic (exact) mass is 408 g/mol. The van der Waals surface area contributed by atoms with Gasteiger partial charge in [0.25, 0.3) is 11.8 Å². The van der Waals surface area contributed by atoms with Crippen molar-refractivity contribution >= 4 is 41.0 Å². The summed E-state index contributed by atoms with van der Waals surface area (Å²) in [6, 6.07) is 12.3. The van der Waals surface area contributed by atoms with Gasteiger partial charge >= 0.3 is 5.97 Å². The second-order valence-corrected chi connectivity index (χ2v) is 6.59. The number of amides is 2. The molecule has 2 aromatic carbocycles. The highest BCUT2D eigenvalue weighted by atomic mass is 35.5. The van der Waals surface area contributed by atoms with Gasteiger partial charge in [0.2, 0.25) is 0 Å². The number of benzene rings is 2. The van der Waals surface area contributed by atoms with E-state index in [1.54, 1.807) is 48.5 Å². The SMILES string of the molecule is C[C@H](NC(=O)c1ccc(Cl)cc1)C(=O)OCC(=O)NCc1ccc(Cl)cc1. The normalized spacial score (nSPS) is 11.4. The van der Waals surface area contributed by atoms with Gasteiger partial charge < -0.3 is 15.4 Å². The molecule has 2 amide bonds.